The zero-order chi connectivity index (χ0) is 8.55. The average Bonchev–Trinajstić information content (AvgIpc) is 2.12. The smallest absolute Gasteiger partial charge is 0.0405 e. The minimum atomic E-state index is 1.14. The van der Waals surface area contributed by atoms with Crippen molar-refractivity contribution in [2.24, 2.45) is 0 Å². The molecule has 0 aliphatic carbocycles. The summed E-state index contributed by atoms with van der Waals surface area (Å²) in [7, 11) is 0. The van der Waals surface area contributed by atoms with Crippen LogP contribution in [0.5, 0.6) is 0 Å². The van der Waals surface area contributed by atoms with Crippen molar-refractivity contribution in [1.82, 2.24) is 0 Å². The first kappa shape index (κ1) is 7.66. The number of fused-ring (bicyclic) bond motifs is 1. The van der Waals surface area contributed by atoms with Gasteiger partial charge in [-0.15, -0.1) is 0 Å². The van der Waals surface area contributed by atoms with Crippen molar-refractivity contribution in [3.05, 3.63) is 28.8 Å². The van der Waals surface area contributed by atoms with Gasteiger partial charge in [0.1, 0.15) is 0 Å². The van der Waals surface area contributed by atoms with Gasteiger partial charge in [-0.25, -0.2) is 0 Å². The molecule has 0 radical (unpaired) electrons. The minimum Gasteiger partial charge on any atom is -0.385 e. The van der Waals surface area contributed by atoms with Gasteiger partial charge in [-0.1, -0.05) is 12.1 Å². The number of anilines is 1. The SMILES string of the molecule is Cc1ccc(C)c2c1CCCN2. The summed E-state index contributed by atoms with van der Waals surface area (Å²) in [5, 5.41) is 3.47. The van der Waals surface area contributed by atoms with E-state index in [0.29, 0.717) is 0 Å². The van der Waals surface area contributed by atoms with Crippen LogP contribution in [0.15, 0.2) is 12.1 Å². The van der Waals surface area contributed by atoms with Crippen LogP contribution in [0.3, 0.4) is 0 Å². The van der Waals surface area contributed by atoms with Gasteiger partial charge in [-0.05, 0) is 43.4 Å². The van der Waals surface area contributed by atoms with E-state index in [9.17, 15) is 0 Å². The molecule has 1 aromatic carbocycles. The fourth-order valence-corrected chi connectivity index (χ4v) is 1.92. The highest BCUT2D eigenvalue weighted by Crippen LogP contribution is 2.28. The van der Waals surface area contributed by atoms with E-state index in [1.165, 1.54) is 35.2 Å². The minimum absolute atomic E-state index is 1.14. The summed E-state index contributed by atoms with van der Waals surface area (Å²) >= 11 is 0. The Kier molecular flexibility index (Phi) is 1.80. The van der Waals surface area contributed by atoms with Crippen LogP contribution in [0, 0.1) is 13.8 Å². The predicted molar refractivity (Wildman–Crippen MR) is 52.7 cm³/mol. The lowest BCUT2D eigenvalue weighted by molar-refractivity contribution is 0.821. The Hall–Kier alpha value is -0.980. The Labute approximate surface area is 73.8 Å². The molecule has 1 N–H and O–H groups in total. The molecule has 64 valence electrons. The molecule has 1 aromatic rings. The quantitative estimate of drug-likeness (QED) is 0.617. The molecule has 1 aliphatic heterocycles. The third-order valence-corrected chi connectivity index (χ3v) is 2.66. The molecule has 0 atom stereocenters. The summed E-state index contributed by atoms with van der Waals surface area (Å²) in [4.78, 5) is 0. The molecule has 0 amide bonds. The van der Waals surface area contributed by atoms with Crippen LogP contribution < -0.4 is 5.32 Å². The van der Waals surface area contributed by atoms with Crippen molar-refractivity contribution in [3.8, 4) is 0 Å². The van der Waals surface area contributed by atoms with Crippen LogP contribution in [0.25, 0.3) is 0 Å². The second-order valence-electron chi connectivity index (χ2n) is 3.58. The van der Waals surface area contributed by atoms with E-state index in [2.05, 4.69) is 31.3 Å². The molecule has 1 heteroatoms. The average molecular weight is 161 g/mol. The molecular formula is C11H15N. The Bertz CT molecular complexity index is 271. The number of hydrogen-bond acceptors (Lipinski definition) is 1. The van der Waals surface area contributed by atoms with Crippen LogP contribution in [0.1, 0.15) is 23.1 Å². The lowest BCUT2D eigenvalue weighted by Crippen LogP contribution is -2.13. The topological polar surface area (TPSA) is 12.0 Å². The predicted octanol–water partition coefficient (Wildman–Crippen LogP) is 2.66. The third-order valence-electron chi connectivity index (χ3n) is 2.66. The molecule has 12 heavy (non-hydrogen) atoms. The van der Waals surface area contributed by atoms with Crippen LogP contribution in [0.2, 0.25) is 0 Å². The molecule has 0 saturated carbocycles. The Balaban J connectivity index is 2.57. The maximum atomic E-state index is 3.47. The molecular weight excluding hydrogens is 146 g/mol. The first-order chi connectivity index (χ1) is 5.79. The molecule has 0 saturated heterocycles. The molecule has 0 fully saturated rings. The number of aryl methyl sites for hydroxylation is 2. The summed E-state index contributed by atoms with van der Waals surface area (Å²) < 4.78 is 0. The Morgan fingerprint density at radius 1 is 1.17 bits per heavy atom. The second-order valence-corrected chi connectivity index (χ2v) is 3.58. The van der Waals surface area contributed by atoms with Crippen LogP contribution in [-0.4, -0.2) is 6.54 Å². The van der Waals surface area contributed by atoms with Gasteiger partial charge < -0.3 is 5.32 Å². The highest BCUT2D eigenvalue weighted by atomic mass is 14.9. The van der Waals surface area contributed by atoms with E-state index >= 15 is 0 Å². The Morgan fingerprint density at radius 3 is 2.67 bits per heavy atom. The van der Waals surface area contributed by atoms with Gasteiger partial charge in [-0.2, -0.15) is 0 Å². The van der Waals surface area contributed by atoms with Gasteiger partial charge in [0.05, 0.1) is 0 Å². The molecule has 1 nitrogen and oxygen atoms in total. The first-order valence-electron chi connectivity index (χ1n) is 4.62. The van der Waals surface area contributed by atoms with Gasteiger partial charge in [-0.3, -0.25) is 0 Å². The van der Waals surface area contributed by atoms with Gasteiger partial charge in [0, 0.05) is 12.2 Å². The maximum Gasteiger partial charge on any atom is 0.0405 e. The van der Waals surface area contributed by atoms with Crippen LogP contribution in [0.4, 0.5) is 5.69 Å². The monoisotopic (exact) mass is 161 g/mol. The van der Waals surface area contributed by atoms with Crippen molar-refractivity contribution in [2.75, 3.05) is 11.9 Å². The zero-order valence-corrected chi connectivity index (χ0v) is 7.78. The molecule has 0 aromatic heterocycles. The number of benzene rings is 1. The van der Waals surface area contributed by atoms with E-state index < -0.39 is 0 Å². The van der Waals surface area contributed by atoms with Crippen molar-refractivity contribution in [1.29, 1.82) is 0 Å². The second kappa shape index (κ2) is 2.81. The molecule has 0 bridgehead atoms. The first-order valence-corrected chi connectivity index (χ1v) is 4.62. The number of rotatable bonds is 0. The number of hydrogen-bond donors (Lipinski definition) is 1. The summed E-state index contributed by atoms with van der Waals surface area (Å²) in [5.74, 6) is 0. The van der Waals surface area contributed by atoms with Gasteiger partial charge in [0.25, 0.3) is 0 Å². The molecule has 1 aliphatic rings. The summed E-state index contributed by atoms with van der Waals surface area (Å²) in [5.41, 5.74) is 5.74. The standard InChI is InChI=1S/C11H15N/c1-8-5-6-9(2)11-10(8)4-3-7-12-11/h5-6,12H,3-4,7H2,1-2H3. The molecule has 0 spiro atoms. The number of nitrogens with one attached hydrogen (secondary N) is 1. The highest BCUT2D eigenvalue weighted by Gasteiger charge is 2.11. The lowest BCUT2D eigenvalue weighted by atomic mass is 9.96. The van der Waals surface area contributed by atoms with Crippen LogP contribution >= 0.6 is 0 Å². The molecule has 0 unspecified atom stereocenters. The summed E-state index contributed by atoms with van der Waals surface area (Å²) in [6, 6.07) is 4.42. The van der Waals surface area contributed by atoms with Gasteiger partial charge >= 0.3 is 0 Å². The normalized spacial score (nSPS) is 15.2. The van der Waals surface area contributed by atoms with E-state index in [1.54, 1.807) is 0 Å². The van der Waals surface area contributed by atoms with E-state index in [-0.39, 0.29) is 0 Å². The lowest BCUT2D eigenvalue weighted by Gasteiger charge is -2.21. The maximum absolute atomic E-state index is 3.47. The van der Waals surface area contributed by atoms with E-state index in [0.717, 1.165) is 6.54 Å². The van der Waals surface area contributed by atoms with Crippen LogP contribution in [-0.2, 0) is 6.42 Å². The highest BCUT2D eigenvalue weighted by molar-refractivity contribution is 5.61. The summed E-state index contributed by atoms with van der Waals surface area (Å²) in [6.45, 7) is 5.51. The van der Waals surface area contributed by atoms with E-state index in [4.69, 9.17) is 0 Å². The fourth-order valence-electron chi connectivity index (χ4n) is 1.92. The molecule has 2 rings (SSSR count). The van der Waals surface area contributed by atoms with Crippen molar-refractivity contribution < 1.29 is 0 Å². The van der Waals surface area contributed by atoms with Crippen molar-refractivity contribution in [3.63, 3.8) is 0 Å². The van der Waals surface area contributed by atoms with Crippen molar-refractivity contribution >= 4 is 5.69 Å². The Morgan fingerprint density at radius 2 is 1.92 bits per heavy atom. The fraction of sp³-hybridized carbons (Fsp3) is 0.455. The zero-order valence-electron chi connectivity index (χ0n) is 7.78. The van der Waals surface area contributed by atoms with Gasteiger partial charge in [0.2, 0.25) is 0 Å². The van der Waals surface area contributed by atoms with Crippen molar-refractivity contribution in [2.45, 2.75) is 26.7 Å². The third kappa shape index (κ3) is 1.09. The largest absolute Gasteiger partial charge is 0.385 e. The van der Waals surface area contributed by atoms with Gasteiger partial charge in [0.15, 0.2) is 0 Å². The summed E-state index contributed by atoms with van der Waals surface area (Å²) in [6.07, 6.45) is 2.52. The van der Waals surface area contributed by atoms with E-state index in [1.807, 2.05) is 0 Å². The molecule has 1 heterocycles.